The molecule has 0 radical (unpaired) electrons. The minimum Gasteiger partial charge on any atom is -0.490 e. The van der Waals surface area contributed by atoms with E-state index in [0.717, 1.165) is 53.6 Å². The molecule has 1 saturated carbocycles. The van der Waals surface area contributed by atoms with Crippen LogP contribution in [0.4, 0.5) is 14.9 Å². The number of carbonyl (C=O) groups excluding carboxylic acids is 1. The lowest BCUT2D eigenvalue weighted by Crippen LogP contribution is -2.25. The number of ether oxygens (including phenoxy) is 3. The molecule has 1 saturated heterocycles. The summed E-state index contributed by atoms with van der Waals surface area (Å²) < 4.78 is 32.6. The van der Waals surface area contributed by atoms with E-state index in [1.807, 2.05) is 24.3 Å². The van der Waals surface area contributed by atoms with Crippen molar-refractivity contribution in [2.75, 3.05) is 18.5 Å². The van der Waals surface area contributed by atoms with Gasteiger partial charge in [-0.2, -0.15) is 5.26 Å². The molecule has 1 amide bonds. The smallest absolute Gasteiger partial charge is 0.412 e. The first-order chi connectivity index (χ1) is 19.5. The molecule has 1 aliphatic carbocycles. The lowest BCUT2D eigenvalue weighted by molar-refractivity contribution is 0.0256. The van der Waals surface area contributed by atoms with Crippen LogP contribution in [0.25, 0.3) is 22.2 Å². The highest BCUT2D eigenvalue weighted by Crippen LogP contribution is 2.45. The minimum absolute atomic E-state index is 0.135. The molecule has 8 heteroatoms. The van der Waals surface area contributed by atoms with E-state index in [2.05, 4.69) is 22.0 Å². The Morgan fingerprint density at radius 1 is 1.05 bits per heavy atom. The van der Waals surface area contributed by atoms with Crippen LogP contribution in [0.3, 0.4) is 0 Å². The van der Waals surface area contributed by atoms with Crippen molar-refractivity contribution in [1.82, 2.24) is 4.57 Å². The summed E-state index contributed by atoms with van der Waals surface area (Å²) in [5.74, 6) is 0.465. The van der Waals surface area contributed by atoms with Crippen molar-refractivity contribution in [3.63, 3.8) is 0 Å². The standard InChI is InChI=1S/C32H30FN3O4/c1-20(21-2-6-23(33)7-3-21)39-32(37)35-24-8-4-22(5-9-24)31-29(19-34)28-13-12-27(40-26-14-16-38-17-15-26)18-30(28)36(31)25-10-11-25/h2-9,12-13,18,20,25-26H,10-11,14-17H2,1H3,(H,35,37). The van der Waals surface area contributed by atoms with Crippen LogP contribution in [0.15, 0.2) is 66.7 Å². The lowest BCUT2D eigenvalue weighted by Gasteiger charge is -2.23. The minimum atomic E-state index is -0.605. The molecular weight excluding hydrogens is 509 g/mol. The van der Waals surface area contributed by atoms with Gasteiger partial charge in [-0.3, -0.25) is 5.32 Å². The summed E-state index contributed by atoms with van der Waals surface area (Å²) >= 11 is 0. The Hall–Kier alpha value is -4.35. The number of benzene rings is 3. The maximum atomic E-state index is 13.2. The molecule has 2 aliphatic rings. The van der Waals surface area contributed by atoms with Gasteiger partial charge >= 0.3 is 6.09 Å². The maximum Gasteiger partial charge on any atom is 0.412 e. The molecule has 3 aromatic carbocycles. The number of nitriles is 1. The summed E-state index contributed by atoms with van der Waals surface area (Å²) in [4.78, 5) is 12.5. The fraction of sp³-hybridized carbons (Fsp3) is 0.312. The molecule has 1 atom stereocenters. The second-order valence-electron chi connectivity index (χ2n) is 10.3. The van der Waals surface area contributed by atoms with Crippen molar-refractivity contribution in [2.45, 2.75) is 50.9 Å². The maximum absolute atomic E-state index is 13.2. The van der Waals surface area contributed by atoms with Gasteiger partial charge in [0, 0.05) is 36.0 Å². The Labute approximate surface area is 232 Å². The molecule has 0 spiro atoms. The fourth-order valence-corrected chi connectivity index (χ4v) is 5.28. The van der Waals surface area contributed by atoms with Crippen molar-refractivity contribution >= 4 is 22.7 Å². The van der Waals surface area contributed by atoms with Crippen LogP contribution in [-0.2, 0) is 9.47 Å². The molecule has 204 valence electrons. The van der Waals surface area contributed by atoms with Gasteiger partial charge in [-0.1, -0.05) is 24.3 Å². The van der Waals surface area contributed by atoms with Gasteiger partial charge in [0.25, 0.3) is 0 Å². The Morgan fingerprint density at radius 2 is 1.77 bits per heavy atom. The molecule has 0 bridgehead atoms. The van der Waals surface area contributed by atoms with Crippen LogP contribution < -0.4 is 10.1 Å². The number of halogens is 1. The second-order valence-corrected chi connectivity index (χ2v) is 10.3. The highest BCUT2D eigenvalue weighted by atomic mass is 19.1. The predicted molar refractivity (Wildman–Crippen MR) is 150 cm³/mol. The summed E-state index contributed by atoms with van der Waals surface area (Å²) in [7, 11) is 0. The molecule has 6 rings (SSSR count). The quantitative estimate of drug-likeness (QED) is 0.263. The largest absolute Gasteiger partial charge is 0.490 e. The number of carbonyl (C=O) groups is 1. The Kier molecular flexibility index (Phi) is 7.14. The molecule has 2 fully saturated rings. The van der Waals surface area contributed by atoms with Crippen molar-refractivity contribution in [1.29, 1.82) is 5.26 Å². The fourth-order valence-electron chi connectivity index (χ4n) is 5.28. The van der Waals surface area contributed by atoms with Crippen molar-refractivity contribution in [3.8, 4) is 23.1 Å². The summed E-state index contributed by atoms with van der Waals surface area (Å²) in [5.41, 5.74) is 4.67. The van der Waals surface area contributed by atoms with Gasteiger partial charge in [0.05, 0.1) is 30.0 Å². The molecule has 4 aromatic rings. The van der Waals surface area contributed by atoms with Gasteiger partial charge in [0.1, 0.15) is 29.8 Å². The topological polar surface area (TPSA) is 85.5 Å². The third kappa shape index (κ3) is 5.38. The Bertz CT molecular complexity index is 1560. The van der Waals surface area contributed by atoms with Gasteiger partial charge in [-0.05, 0) is 67.3 Å². The molecular formula is C32H30FN3O4. The summed E-state index contributed by atoms with van der Waals surface area (Å²) in [6.45, 7) is 3.16. The van der Waals surface area contributed by atoms with E-state index in [1.54, 1.807) is 31.2 Å². The Balaban J connectivity index is 1.24. The average molecular weight is 540 g/mol. The van der Waals surface area contributed by atoms with E-state index in [9.17, 15) is 14.4 Å². The molecule has 1 unspecified atom stereocenters. The third-order valence-corrected chi connectivity index (χ3v) is 7.50. The number of nitrogens with zero attached hydrogens (tertiary/aromatic N) is 2. The van der Waals surface area contributed by atoms with E-state index in [4.69, 9.17) is 14.2 Å². The van der Waals surface area contributed by atoms with Crippen LogP contribution in [0, 0.1) is 17.1 Å². The van der Waals surface area contributed by atoms with Gasteiger partial charge in [-0.15, -0.1) is 0 Å². The average Bonchev–Trinajstić information content (AvgIpc) is 3.75. The van der Waals surface area contributed by atoms with Crippen molar-refractivity contribution < 1.29 is 23.4 Å². The monoisotopic (exact) mass is 539 g/mol. The van der Waals surface area contributed by atoms with Crippen LogP contribution >= 0.6 is 0 Å². The number of aromatic nitrogens is 1. The van der Waals surface area contributed by atoms with E-state index in [1.165, 1.54) is 12.1 Å². The van der Waals surface area contributed by atoms with Crippen LogP contribution in [0.2, 0.25) is 0 Å². The number of nitrogens with one attached hydrogen (secondary N) is 1. The van der Waals surface area contributed by atoms with Gasteiger partial charge in [0.2, 0.25) is 0 Å². The zero-order chi connectivity index (χ0) is 27.6. The normalized spacial score (nSPS) is 16.3. The molecule has 2 heterocycles. The number of hydrogen-bond acceptors (Lipinski definition) is 5. The number of fused-ring (bicyclic) bond motifs is 1. The SMILES string of the molecule is CC(OC(=O)Nc1ccc(-c2c(C#N)c3ccc(OC4CCOCC4)cc3n2C2CC2)cc1)c1ccc(F)cc1. The van der Waals surface area contributed by atoms with Crippen molar-refractivity contribution in [3.05, 3.63) is 83.7 Å². The number of hydrogen-bond donors (Lipinski definition) is 1. The van der Waals surface area contributed by atoms with Crippen LogP contribution in [0.5, 0.6) is 5.75 Å². The van der Waals surface area contributed by atoms with Crippen molar-refractivity contribution in [2.24, 2.45) is 0 Å². The highest BCUT2D eigenvalue weighted by Gasteiger charge is 2.31. The number of anilines is 1. The van der Waals surface area contributed by atoms with Crippen LogP contribution in [-0.4, -0.2) is 30.0 Å². The number of rotatable bonds is 7. The first kappa shape index (κ1) is 25.9. The number of amides is 1. The van der Waals surface area contributed by atoms with Gasteiger partial charge in [0.15, 0.2) is 0 Å². The zero-order valence-corrected chi connectivity index (χ0v) is 22.2. The Morgan fingerprint density at radius 3 is 2.45 bits per heavy atom. The highest BCUT2D eigenvalue weighted by molar-refractivity contribution is 5.96. The van der Waals surface area contributed by atoms with E-state index in [0.29, 0.717) is 36.1 Å². The molecule has 1 aromatic heterocycles. The second kappa shape index (κ2) is 11.0. The first-order valence-electron chi connectivity index (χ1n) is 13.7. The van der Waals surface area contributed by atoms with Gasteiger partial charge in [-0.25, -0.2) is 9.18 Å². The summed E-state index contributed by atoms with van der Waals surface area (Å²) in [6.07, 6.45) is 2.86. The lowest BCUT2D eigenvalue weighted by atomic mass is 10.1. The van der Waals surface area contributed by atoms with Crippen LogP contribution in [0.1, 0.15) is 55.9 Å². The van der Waals surface area contributed by atoms with E-state index >= 15 is 0 Å². The summed E-state index contributed by atoms with van der Waals surface area (Å²) in [5, 5.41) is 13.8. The molecule has 1 N–H and O–H groups in total. The van der Waals surface area contributed by atoms with E-state index < -0.39 is 12.2 Å². The molecule has 7 nitrogen and oxygen atoms in total. The molecule has 40 heavy (non-hydrogen) atoms. The first-order valence-corrected chi connectivity index (χ1v) is 13.7. The predicted octanol–water partition coefficient (Wildman–Crippen LogP) is 7.52. The van der Waals surface area contributed by atoms with E-state index in [-0.39, 0.29) is 11.9 Å². The molecule has 1 aliphatic heterocycles. The van der Waals surface area contributed by atoms with Gasteiger partial charge < -0.3 is 18.8 Å². The summed E-state index contributed by atoms with van der Waals surface area (Å²) in [6, 6.07) is 22.0. The zero-order valence-electron chi connectivity index (χ0n) is 22.2. The third-order valence-electron chi connectivity index (χ3n) is 7.50.